The summed E-state index contributed by atoms with van der Waals surface area (Å²) in [7, 11) is -4.01. The van der Waals surface area contributed by atoms with E-state index in [1.54, 1.807) is 0 Å². The SMILES string of the molecule is NS(=O)(=O)c1ccc2c(c1)N(C(=O)C(F)(F)C1(O)CCC1)CC2. The average Bonchev–Trinajstić information content (AvgIpc) is 2.85. The molecule has 6 nitrogen and oxygen atoms in total. The molecule has 2 aliphatic rings. The van der Waals surface area contributed by atoms with Gasteiger partial charge < -0.3 is 10.0 Å². The second kappa shape index (κ2) is 4.96. The molecule has 23 heavy (non-hydrogen) atoms. The summed E-state index contributed by atoms with van der Waals surface area (Å²) >= 11 is 0. The second-order valence-electron chi connectivity index (χ2n) is 6.00. The number of hydrogen-bond donors (Lipinski definition) is 2. The van der Waals surface area contributed by atoms with Crippen LogP contribution in [0, 0.1) is 0 Å². The van der Waals surface area contributed by atoms with E-state index >= 15 is 0 Å². The number of aliphatic hydroxyl groups is 1. The number of anilines is 1. The number of hydrogen-bond acceptors (Lipinski definition) is 4. The van der Waals surface area contributed by atoms with Crippen LogP contribution < -0.4 is 10.0 Å². The van der Waals surface area contributed by atoms with Gasteiger partial charge in [-0.3, -0.25) is 4.79 Å². The first kappa shape index (κ1) is 16.3. The van der Waals surface area contributed by atoms with E-state index in [0.717, 1.165) is 11.0 Å². The number of carbonyl (C=O) groups is 1. The van der Waals surface area contributed by atoms with Crippen LogP contribution in [-0.2, 0) is 21.2 Å². The van der Waals surface area contributed by atoms with Crippen LogP contribution in [0.3, 0.4) is 0 Å². The van der Waals surface area contributed by atoms with E-state index in [0.29, 0.717) is 18.4 Å². The van der Waals surface area contributed by atoms with Gasteiger partial charge in [-0.25, -0.2) is 13.6 Å². The average molecular weight is 346 g/mol. The zero-order chi connectivity index (χ0) is 17.0. The van der Waals surface area contributed by atoms with Gasteiger partial charge in [-0.1, -0.05) is 6.07 Å². The molecule has 1 saturated carbocycles. The summed E-state index contributed by atoms with van der Waals surface area (Å²) in [4.78, 5) is 12.9. The first-order chi connectivity index (χ1) is 10.6. The van der Waals surface area contributed by atoms with Gasteiger partial charge in [0.1, 0.15) is 5.60 Å². The van der Waals surface area contributed by atoms with Gasteiger partial charge in [0.05, 0.1) is 4.90 Å². The molecule has 1 fully saturated rings. The van der Waals surface area contributed by atoms with Crippen LogP contribution in [0.15, 0.2) is 23.1 Å². The first-order valence-corrected chi connectivity index (χ1v) is 8.69. The molecule has 126 valence electrons. The summed E-state index contributed by atoms with van der Waals surface area (Å²) in [5, 5.41) is 14.9. The third-order valence-corrected chi connectivity index (χ3v) is 5.47. The number of amides is 1. The Kier molecular flexibility index (Phi) is 3.51. The minimum absolute atomic E-state index is 0.00785. The van der Waals surface area contributed by atoms with Crippen LogP contribution in [-0.4, -0.2) is 37.5 Å². The van der Waals surface area contributed by atoms with Crippen molar-refractivity contribution in [1.29, 1.82) is 0 Å². The lowest BCUT2D eigenvalue weighted by Gasteiger charge is -2.42. The third kappa shape index (κ3) is 2.43. The predicted octanol–water partition coefficient (Wildman–Crippen LogP) is 0.773. The molecular formula is C14H16F2N2O4S. The predicted molar refractivity (Wildman–Crippen MR) is 77.6 cm³/mol. The number of alkyl halides is 2. The molecule has 3 rings (SSSR count). The molecule has 1 aromatic carbocycles. The van der Waals surface area contributed by atoms with E-state index in [1.165, 1.54) is 12.1 Å². The lowest BCUT2D eigenvalue weighted by atomic mass is 9.75. The van der Waals surface area contributed by atoms with Crippen LogP contribution in [0.2, 0.25) is 0 Å². The fourth-order valence-corrected chi connectivity index (χ4v) is 3.47. The Morgan fingerprint density at radius 3 is 2.52 bits per heavy atom. The number of benzene rings is 1. The van der Waals surface area contributed by atoms with Crippen molar-refractivity contribution in [3.05, 3.63) is 23.8 Å². The van der Waals surface area contributed by atoms with Gasteiger partial charge in [0.15, 0.2) is 0 Å². The Labute approximate surface area is 131 Å². The Bertz CT molecular complexity index is 775. The van der Waals surface area contributed by atoms with Crippen molar-refractivity contribution in [2.75, 3.05) is 11.4 Å². The molecule has 1 aliphatic heterocycles. The van der Waals surface area contributed by atoms with Crippen LogP contribution in [0.1, 0.15) is 24.8 Å². The lowest BCUT2D eigenvalue weighted by Crippen LogP contribution is -2.61. The van der Waals surface area contributed by atoms with Crippen molar-refractivity contribution in [3.8, 4) is 0 Å². The standard InChI is InChI=1S/C14H16F2N2O4S/c15-14(16,13(20)5-1-6-13)12(19)18-7-4-9-2-3-10(8-11(9)18)23(17,21)22/h2-3,8,20H,1,4-7H2,(H2,17,21,22). The molecule has 0 radical (unpaired) electrons. The molecule has 0 bridgehead atoms. The second-order valence-corrected chi connectivity index (χ2v) is 7.56. The molecule has 0 aromatic heterocycles. The van der Waals surface area contributed by atoms with E-state index in [4.69, 9.17) is 5.14 Å². The Balaban J connectivity index is 1.97. The van der Waals surface area contributed by atoms with Crippen molar-refractivity contribution in [1.82, 2.24) is 0 Å². The Morgan fingerprint density at radius 2 is 2.00 bits per heavy atom. The molecule has 1 aromatic rings. The Hall–Kier alpha value is -1.58. The van der Waals surface area contributed by atoms with Gasteiger partial charge in [-0.05, 0) is 43.4 Å². The molecule has 9 heteroatoms. The molecule has 0 saturated heterocycles. The number of rotatable bonds is 3. The minimum atomic E-state index is -4.01. The van der Waals surface area contributed by atoms with Gasteiger partial charge in [0, 0.05) is 12.2 Å². The summed E-state index contributed by atoms with van der Waals surface area (Å²) in [5.74, 6) is -5.42. The number of nitrogens with two attached hydrogens (primary N) is 1. The van der Waals surface area contributed by atoms with E-state index in [2.05, 4.69) is 0 Å². The first-order valence-electron chi connectivity index (χ1n) is 7.14. The van der Waals surface area contributed by atoms with Gasteiger partial charge in [-0.15, -0.1) is 0 Å². The maximum atomic E-state index is 14.3. The lowest BCUT2D eigenvalue weighted by molar-refractivity contribution is -0.213. The summed E-state index contributed by atoms with van der Waals surface area (Å²) in [6.45, 7) is 0.00785. The van der Waals surface area contributed by atoms with Crippen molar-refractivity contribution < 1.29 is 27.1 Å². The Morgan fingerprint density at radius 1 is 1.35 bits per heavy atom. The number of fused-ring (bicyclic) bond motifs is 1. The zero-order valence-electron chi connectivity index (χ0n) is 12.1. The quantitative estimate of drug-likeness (QED) is 0.844. The fraction of sp³-hybridized carbons (Fsp3) is 0.500. The number of carbonyl (C=O) groups excluding carboxylic acids is 1. The summed E-state index contributed by atoms with van der Waals surface area (Å²) in [5.41, 5.74) is -1.63. The van der Waals surface area contributed by atoms with Gasteiger partial charge in [-0.2, -0.15) is 8.78 Å². The molecule has 0 atom stereocenters. The van der Waals surface area contributed by atoms with E-state index < -0.39 is 27.5 Å². The van der Waals surface area contributed by atoms with E-state index in [-0.39, 0.29) is 30.0 Å². The maximum Gasteiger partial charge on any atom is 0.352 e. The molecule has 0 unspecified atom stereocenters. The van der Waals surface area contributed by atoms with Gasteiger partial charge in [0.25, 0.3) is 0 Å². The zero-order valence-corrected chi connectivity index (χ0v) is 12.9. The van der Waals surface area contributed by atoms with Crippen molar-refractivity contribution >= 4 is 21.6 Å². The number of primary sulfonamides is 1. The molecular weight excluding hydrogens is 330 g/mol. The topological polar surface area (TPSA) is 101 Å². The molecule has 1 aliphatic carbocycles. The molecule has 3 N–H and O–H groups in total. The smallest absolute Gasteiger partial charge is 0.352 e. The summed E-state index contributed by atoms with van der Waals surface area (Å²) < 4.78 is 51.5. The maximum absolute atomic E-state index is 14.3. The molecule has 0 spiro atoms. The van der Waals surface area contributed by atoms with Crippen LogP contribution in [0.4, 0.5) is 14.5 Å². The minimum Gasteiger partial charge on any atom is -0.383 e. The highest BCUT2D eigenvalue weighted by Gasteiger charge is 2.62. The number of nitrogens with zero attached hydrogens (tertiary/aromatic N) is 1. The van der Waals surface area contributed by atoms with Crippen molar-refractivity contribution in [3.63, 3.8) is 0 Å². The summed E-state index contributed by atoms with van der Waals surface area (Å²) in [6, 6.07) is 3.86. The van der Waals surface area contributed by atoms with Crippen LogP contribution in [0.5, 0.6) is 0 Å². The third-order valence-electron chi connectivity index (χ3n) is 4.56. The van der Waals surface area contributed by atoms with Crippen molar-refractivity contribution in [2.24, 2.45) is 5.14 Å². The number of sulfonamides is 1. The highest BCUT2D eigenvalue weighted by molar-refractivity contribution is 7.89. The largest absolute Gasteiger partial charge is 0.383 e. The fourth-order valence-electron chi connectivity index (χ4n) is 2.94. The highest BCUT2D eigenvalue weighted by Crippen LogP contribution is 2.46. The number of halogens is 2. The van der Waals surface area contributed by atoms with E-state index in [9.17, 15) is 27.1 Å². The normalized spacial score (nSPS) is 20.1. The van der Waals surface area contributed by atoms with Gasteiger partial charge >= 0.3 is 11.8 Å². The highest BCUT2D eigenvalue weighted by atomic mass is 32.2. The molecule has 1 heterocycles. The van der Waals surface area contributed by atoms with Crippen molar-refractivity contribution in [2.45, 2.75) is 42.1 Å². The summed E-state index contributed by atoms with van der Waals surface area (Å²) in [6.07, 6.45) is 0.499. The van der Waals surface area contributed by atoms with Crippen LogP contribution >= 0.6 is 0 Å². The monoisotopic (exact) mass is 346 g/mol. The van der Waals surface area contributed by atoms with Crippen LogP contribution in [0.25, 0.3) is 0 Å². The molecule has 1 amide bonds. The van der Waals surface area contributed by atoms with E-state index in [1.807, 2.05) is 0 Å². The van der Waals surface area contributed by atoms with Gasteiger partial charge in [0.2, 0.25) is 10.0 Å².